The number of benzene rings is 3. The number of amides is 1. The van der Waals surface area contributed by atoms with Crippen LogP contribution in [0, 0.1) is 0 Å². The van der Waals surface area contributed by atoms with Gasteiger partial charge in [-0.1, -0.05) is 43.7 Å². The van der Waals surface area contributed by atoms with Crippen molar-refractivity contribution in [2.24, 2.45) is 0 Å². The lowest BCUT2D eigenvalue weighted by atomic mass is 10.1. The van der Waals surface area contributed by atoms with Gasteiger partial charge < -0.3 is 4.90 Å². The minimum absolute atomic E-state index is 0.0423. The summed E-state index contributed by atoms with van der Waals surface area (Å²) in [6.45, 7) is 4.13. The molecule has 0 spiro atoms. The van der Waals surface area contributed by atoms with E-state index in [0.717, 1.165) is 30.5 Å². The van der Waals surface area contributed by atoms with Gasteiger partial charge in [-0.15, -0.1) is 0 Å². The van der Waals surface area contributed by atoms with E-state index < -0.39 is 10.0 Å². The number of hydrogen-bond donors (Lipinski definition) is 1. The highest BCUT2D eigenvalue weighted by atomic mass is 32.2. The Bertz CT molecular complexity index is 1210. The van der Waals surface area contributed by atoms with Crippen molar-refractivity contribution in [1.29, 1.82) is 0 Å². The molecule has 0 unspecified atom stereocenters. The normalized spacial score (nSPS) is 15.4. The number of carbonyl (C=O) groups is 1. The highest BCUT2D eigenvalue weighted by molar-refractivity contribution is 7.92. The first-order valence-electron chi connectivity index (χ1n) is 11.0. The number of aryl methyl sites for hydroxylation is 1. The second-order valence-corrected chi connectivity index (χ2v) is 9.97. The van der Waals surface area contributed by atoms with Crippen molar-refractivity contribution in [2.45, 2.75) is 50.5 Å². The van der Waals surface area contributed by atoms with Crippen LogP contribution in [0.4, 0.5) is 11.4 Å². The zero-order chi connectivity index (χ0) is 22.7. The predicted octanol–water partition coefficient (Wildman–Crippen LogP) is 5.42. The number of rotatable bonds is 7. The van der Waals surface area contributed by atoms with Crippen molar-refractivity contribution >= 4 is 27.3 Å². The number of unbranched alkanes of at least 4 members (excludes halogenated alkanes) is 1. The summed E-state index contributed by atoms with van der Waals surface area (Å²) in [5, 5.41) is 0. The number of fused-ring (bicyclic) bond motifs is 1. The van der Waals surface area contributed by atoms with Gasteiger partial charge in [0, 0.05) is 23.0 Å². The van der Waals surface area contributed by atoms with E-state index >= 15 is 0 Å². The van der Waals surface area contributed by atoms with Crippen molar-refractivity contribution in [3.63, 3.8) is 0 Å². The van der Waals surface area contributed by atoms with Crippen LogP contribution in [-0.4, -0.2) is 20.4 Å². The zero-order valence-corrected chi connectivity index (χ0v) is 19.2. The molecule has 1 atom stereocenters. The van der Waals surface area contributed by atoms with Crippen molar-refractivity contribution in [2.75, 3.05) is 9.62 Å². The van der Waals surface area contributed by atoms with Crippen LogP contribution in [0.2, 0.25) is 0 Å². The summed E-state index contributed by atoms with van der Waals surface area (Å²) in [7, 11) is -3.73. The van der Waals surface area contributed by atoms with Gasteiger partial charge in [-0.2, -0.15) is 0 Å². The van der Waals surface area contributed by atoms with Crippen LogP contribution < -0.4 is 9.62 Å². The number of hydrogen-bond acceptors (Lipinski definition) is 3. The highest BCUT2D eigenvalue weighted by Crippen LogP contribution is 2.35. The summed E-state index contributed by atoms with van der Waals surface area (Å²) >= 11 is 0. The van der Waals surface area contributed by atoms with E-state index in [-0.39, 0.29) is 16.8 Å². The Morgan fingerprint density at radius 2 is 1.75 bits per heavy atom. The molecule has 6 heteroatoms. The third-order valence-electron chi connectivity index (χ3n) is 5.84. The van der Waals surface area contributed by atoms with E-state index in [4.69, 9.17) is 0 Å². The lowest BCUT2D eigenvalue weighted by Gasteiger charge is -2.23. The highest BCUT2D eigenvalue weighted by Gasteiger charge is 2.32. The fraction of sp³-hybridized carbons (Fsp3) is 0.269. The molecule has 1 amide bonds. The third-order valence-corrected chi connectivity index (χ3v) is 7.22. The van der Waals surface area contributed by atoms with Crippen LogP contribution in [0.5, 0.6) is 0 Å². The largest absolute Gasteiger partial charge is 0.305 e. The molecule has 5 nitrogen and oxygen atoms in total. The molecule has 32 heavy (non-hydrogen) atoms. The minimum Gasteiger partial charge on any atom is -0.305 e. The van der Waals surface area contributed by atoms with Gasteiger partial charge in [0.2, 0.25) is 0 Å². The first kappa shape index (κ1) is 22.1. The first-order valence-corrected chi connectivity index (χ1v) is 12.5. The lowest BCUT2D eigenvalue weighted by Crippen LogP contribution is -2.35. The van der Waals surface area contributed by atoms with Gasteiger partial charge in [-0.05, 0) is 79.8 Å². The van der Waals surface area contributed by atoms with Crippen LogP contribution in [0.25, 0.3) is 0 Å². The van der Waals surface area contributed by atoms with Gasteiger partial charge in [-0.25, -0.2) is 8.42 Å². The number of anilines is 2. The van der Waals surface area contributed by atoms with Crippen molar-refractivity contribution in [3.05, 3.63) is 89.5 Å². The minimum atomic E-state index is -3.73. The maximum atomic E-state index is 13.0. The smallest absolute Gasteiger partial charge is 0.261 e. The quantitative estimate of drug-likeness (QED) is 0.525. The molecule has 0 aliphatic carbocycles. The Labute approximate surface area is 190 Å². The van der Waals surface area contributed by atoms with Crippen LogP contribution in [0.15, 0.2) is 77.7 Å². The van der Waals surface area contributed by atoms with E-state index in [1.165, 1.54) is 5.56 Å². The summed E-state index contributed by atoms with van der Waals surface area (Å²) in [6.07, 6.45) is 3.84. The van der Waals surface area contributed by atoms with Crippen molar-refractivity contribution < 1.29 is 13.2 Å². The number of carbonyl (C=O) groups excluding carboxylic acids is 1. The zero-order valence-electron chi connectivity index (χ0n) is 18.4. The molecule has 1 heterocycles. The topological polar surface area (TPSA) is 66.5 Å². The Balaban J connectivity index is 1.55. The number of sulfonamides is 1. The molecule has 166 valence electrons. The second-order valence-electron chi connectivity index (χ2n) is 8.29. The fourth-order valence-corrected chi connectivity index (χ4v) is 5.25. The van der Waals surface area contributed by atoms with Gasteiger partial charge >= 0.3 is 0 Å². The third kappa shape index (κ3) is 4.55. The molecule has 3 aromatic rings. The van der Waals surface area contributed by atoms with Crippen LogP contribution >= 0.6 is 0 Å². The van der Waals surface area contributed by atoms with Gasteiger partial charge in [0.05, 0.1) is 4.90 Å². The van der Waals surface area contributed by atoms with Crippen molar-refractivity contribution in [3.8, 4) is 0 Å². The average Bonchev–Trinajstić information content (AvgIpc) is 3.13. The fourth-order valence-electron chi connectivity index (χ4n) is 4.14. The predicted molar refractivity (Wildman–Crippen MR) is 129 cm³/mol. The molecule has 0 bridgehead atoms. The lowest BCUT2D eigenvalue weighted by molar-refractivity contribution is 0.0981. The Hall–Kier alpha value is -3.12. The van der Waals surface area contributed by atoms with Gasteiger partial charge in [0.1, 0.15) is 0 Å². The molecule has 1 aliphatic heterocycles. The molecule has 0 saturated heterocycles. The van der Waals surface area contributed by atoms with Gasteiger partial charge in [-0.3, -0.25) is 9.52 Å². The van der Waals surface area contributed by atoms with Gasteiger partial charge in [0.25, 0.3) is 15.9 Å². The molecule has 0 aromatic heterocycles. The summed E-state index contributed by atoms with van der Waals surface area (Å²) in [5.41, 5.74) is 3.99. The molecule has 0 saturated carbocycles. The van der Waals surface area contributed by atoms with E-state index in [2.05, 4.69) is 11.6 Å². The second kappa shape index (κ2) is 9.17. The molecular formula is C26H28N2O3S. The van der Waals surface area contributed by atoms with E-state index in [1.807, 2.05) is 37.3 Å². The number of nitrogens with zero attached hydrogens (tertiary/aromatic N) is 1. The molecular weight excluding hydrogens is 420 g/mol. The summed E-state index contributed by atoms with van der Waals surface area (Å²) in [6, 6.07) is 21.6. The SMILES string of the molecule is CCCCc1ccc(NS(=O)(=O)c2ccc3c(c2)C[C@@H](C)N3C(=O)c2ccccc2)cc1. The summed E-state index contributed by atoms with van der Waals surface area (Å²) in [4.78, 5) is 15.0. The van der Waals surface area contributed by atoms with Crippen LogP contribution in [-0.2, 0) is 22.9 Å². The molecule has 1 aliphatic rings. The molecule has 0 radical (unpaired) electrons. The summed E-state index contributed by atoms with van der Waals surface area (Å²) in [5.74, 6) is -0.0752. The number of nitrogens with one attached hydrogen (secondary N) is 1. The molecule has 1 N–H and O–H groups in total. The van der Waals surface area contributed by atoms with Crippen LogP contribution in [0.3, 0.4) is 0 Å². The maximum Gasteiger partial charge on any atom is 0.261 e. The molecule has 3 aromatic carbocycles. The Kier molecular flexibility index (Phi) is 6.33. The molecule has 0 fully saturated rings. The Morgan fingerprint density at radius 3 is 2.44 bits per heavy atom. The maximum absolute atomic E-state index is 13.0. The first-order chi connectivity index (χ1) is 15.4. The van der Waals surface area contributed by atoms with E-state index in [0.29, 0.717) is 17.7 Å². The van der Waals surface area contributed by atoms with Crippen LogP contribution in [0.1, 0.15) is 48.2 Å². The summed E-state index contributed by atoms with van der Waals surface area (Å²) < 4.78 is 28.6. The van der Waals surface area contributed by atoms with E-state index in [1.54, 1.807) is 47.4 Å². The monoisotopic (exact) mass is 448 g/mol. The average molecular weight is 449 g/mol. The molecule has 4 rings (SSSR count). The van der Waals surface area contributed by atoms with Gasteiger partial charge in [0.15, 0.2) is 0 Å². The Morgan fingerprint density at radius 1 is 1.03 bits per heavy atom. The van der Waals surface area contributed by atoms with E-state index in [9.17, 15) is 13.2 Å². The standard InChI is InChI=1S/C26H28N2O3S/c1-3-4-8-20-11-13-23(14-12-20)27-32(30,31)24-15-16-25-22(18-24)17-19(2)28(25)26(29)21-9-6-5-7-10-21/h5-7,9-16,18-19,27H,3-4,8,17H2,1-2H3/t19-/m1/s1. The van der Waals surface area contributed by atoms with Crippen molar-refractivity contribution in [1.82, 2.24) is 0 Å².